The van der Waals surface area contributed by atoms with Crippen LogP contribution in [0.25, 0.3) is 0 Å². The SMILES string of the molecule is CCN(CC)c1ccc(C(=O)NN=Cc2sc(Nc3ccccc3)nc2Cl)cc1. The smallest absolute Gasteiger partial charge is 0.271 e. The van der Waals surface area contributed by atoms with Gasteiger partial charge in [-0.1, -0.05) is 41.1 Å². The Morgan fingerprint density at radius 1 is 1.14 bits per heavy atom. The Morgan fingerprint density at radius 2 is 1.83 bits per heavy atom. The average Bonchev–Trinajstić information content (AvgIpc) is 3.09. The fourth-order valence-corrected chi connectivity index (χ4v) is 3.77. The second kappa shape index (κ2) is 10.0. The summed E-state index contributed by atoms with van der Waals surface area (Å²) in [5.41, 5.74) is 5.08. The van der Waals surface area contributed by atoms with Crippen molar-refractivity contribution in [1.29, 1.82) is 0 Å². The lowest BCUT2D eigenvalue weighted by Gasteiger charge is -2.20. The number of aromatic nitrogens is 1. The van der Waals surface area contributed by atoms with Crippen molar-refractivity contribution in [2.45, 2.75) is 13.8 Å². The highest BCUT2D eigenvalue weighted by atomic mass is 35.5. The van der Waals surface area contributed by atoms with Gasteiger partial charge in [0.05, 0.1) is 11.1 Å². The number of para-hydroxylation sites is 1. The van der Waals surface area contributed by atoms with Crippen LogP contribution in [0.2, 0.25) is 5.15 Å². The van der Waals surface area contributed by atoms with E-state index in [2.05, 4.69) is 39.6 Å². The molecule has 1 heterocycles. The normalized spacial score (nSPS) is 10.9. The number of hydrogen-bond acceptors (Lipinski definition) is 6. The first-order chi connectivity index (χ1) is 14.1. The number of hydrazone groups is 1. The largest absolute Gasteiger partial charge is 0.372 e. The summed E-state index contributed by atoms with van der Waals surface area (Å²) < 4.78 is 0. The summed E-state index contributed by atoms with van der Waals surface area (Å²) in [6.45, 7) is 6.04. The van der Waals surface area contributed by atoms with E-state index in [1.54, 1.807) is 12.1 Å². The molecule has 3 aromatic rings. The van der Waals surface area contributed by atoms with E-state index in [1.165, 1.54) is 17.6 Å². The van der Waals surface area contributed by atoms with Crippen molar-refractivity contribution in [1.82, 2.24) is 10.4 Å². The van der Waals surface area contributed by atoms with Crippen LogP contribution >= 0.6 is 22.9 Å². The van der Waals surface area contributed by atoms with E-state index in [4.69, 9.17) is 11.6 Å². The molecule has 2 N–H and O–H groups in total. The molecule has 8 heteroatoms. The van der Waals surface area contributed by atoms with Gasteiger partial charge in [-0.2, -0.15) is 5.10 Å². The zero-order valence-corrected chi connectivity index (χ0v) is 17.8. The number of carbonyl (C=O) groups excluding carboxylic acids is 1. The minimum Gasteiger partial charge on any atom is -0.372 e. The summed E-state index contributed by atoms with van der Waals surface area (Å²) >= 11 is 7.52. The van der Waals surface area contributed by atoms with E-state index in [9.17, 15) is 4.79 Å². The molecule has 0 radical (unpaired) electrons. The molecule has 0 atom stereocenters. The standard InChI is InChI=1S/C21H22ClN5OS/c1-3-27(4-2)17-12-10-15(11-13-17)20(28)26-23-14-18-19(22)25-21(29-18)24-16-8-6-5-7-9-16/h5-14H,3-4H2,1-2H3,(H,24,25)(H,26,28). The molecule has 0 bridgehead atoms. The first-order valence-corrected chi connectivity index (χ1v) is 10.5. The molecule has 2 aromatic carbocycles. The summed E-state index contributed by atoms with van der Waals surface area (Å²) in [6, 6.07) is 17.1. The van der Waals surface area contributed by atoms with Gasteiger partial charge in [0.2, 0.25) is 0 Å². The van der Waals surface area contributed by atoms with Crippen molar-refractivity contribution in [2.75, 3.05) is 23.3 Å². The van der Waals surface area contributed by atoms with Gasteiger partial charge >= 0.3 is 0 Å². The summed E-state index contributed by atoms with van der Waals surface area (Å²) in [6.07, 6.45) is 1.50. The minimum atomic E-state index is -0.282. The average molecular weight is 428 g/mol. The highest BCUT2D eigenvalue weighted by Gasteiger charge is 2.09. The van der Waals surface area contributed by atoms with Gasteiger partial charge in [0.15, 0.2) is 10.3 Å². The van der Waals surface area contributed by atoms with Gasteiger partial charge in [-0.3, -0.25) is 4.79 Å². The quantitative estimate of drug-likeness (QED) is 0.385. The molecule has 29 heavy (non-hydrogen) atoms. The molecule has 0 aliphatic heterocycles. The number of carbonyl (C=O) groups is 1. The summed E-state index contributed by atoms with van der Waals surface area (Å²) in [7, 11) is 0. The van der Waals surface area contributed by atoms with E-state index < -0.39 is 0 Å². The number of halogens is 1. The van der Waals surface area contributed by atoms with Gasteiger partial charge < -0.3 is 10.2 Å². The van der Waals surface area contributed by atoms with Crippen molar-refractivity contribution in [3.05, 3.63) is 70.2 Å². The zero-order valence-electron chi connectivity index (χ0n) is 16.2. The topological polar surface area (TPSA) is 69.6 Å². The Labute approximate surface area is 179 Å². The molecule has 6 nitrogen and oxygen atoms in total. The first-order valence-electron chi connectivity index (χ1n) is 9.27. The molecular weight excluding hydrogens is 406 g/mol. The van der Waals surface area contributed by atoms with E-state index in [0.717, 1.165) is 24.5 Å². The number of benzene rings is 2. The second-order valence-electron chi connectivity index (χ2n) is 6.08. The molecular formula is C21H22ClN5OS. The van der Waals surface area contributed by atoms with Crippen LogP contribution in [0.3, 0.4) is 0 Å². The Balaban J connectivity index is 1.60. The number of thiazole rings is 1. The summed E-state index contributed by atoms with van der Waals surface area (Å²) in [5.74, 6) is -0.282. The van der Waals surface area contributed by atoms with Gasteiger partial charge in [0, 0.05) is 30.0 Å². The molecule has 1 aromatic heterocycles. The van der Waals surface area contributed by atoms with Gasteiger partial charge in [0.25, 0.3) is 5.91 Å². The maximum atomic E-state index is 12.3. The van der Waals surface area contributed by atoms with Crippen molar-refractivity contribution < 1.29 is 4.79 Å². The lowest BCUT2D eigenvalue weighted by Crippen LogP contribution is -2.22. The third-order valence-electron chi connectivity index (χ3n) is 4.24. The Hall–Kier alpha value is -2.90. The third kappa shape index (κ3) is 5.56. The predicted molar refractivity (Wildman–Crippen MR) is 122 cm³/mol. The Bertz CT molecular complexity index is 968. The maximum absolute atomic E-state index is 12.3. The predicted octanol–water partition coefficient (Wildman–Crippen LogP) is 5.15. The number of anilines is 3. The van der Waals surface area contributed by atoms with Crippen molar-refractivity contribution >= 4 is 51.6 Å². The molecule has 0 saturated carbocycles. The monoisotopic (exact) mass is 427 g/mol. The number of hydrogen-bond donors (Lipinski definition) is 2. The lowest BCUT2D eigenvalue weighted by molar-refractivity contribution is 0.0955. The van der Waals surface area contributed by atoms with Crippen LogP contribution in [0.4, 0.5) is 16.5 Å². The van der Waals surface area contributed by atoms with Crippen LogP contribution in [0.15, 0.2) is 59.7 Å². The van der Waals surface area contributed by atoms with Gasteiger partial charge in [-0.25, -0.2) is 10.4 Å². The van der Waals surface area contributed by atoms with E-state index in [-0.39, 0.29) is 5.91 Å². The fraction of sp³-hybridized carbons (Fsp3) is 0.190. The minimum absolute atomic E-state index is 0.282. The van der Waals surface area contributed by atoms with Crippen LogP contribution in [0.5, 0.6) is 0 Å². The number of nitrogens with zero attached hydrogens (tertiary/aromatic N) is 3. The molecule has 3 rings (SSSR count). The van der Waals surface area contributed by atoms with Crippen molar-refractivity contribution in [2.24, 2.45) is 5.10 Å². The third-order valence-corrected chi connectivity index (χ3v) is 5.55. The fourth-order valence-electron chi connectivity index (χ4n) is 2.72. The van der Waals surface area contributed by atoms with Crippen LogP contribution < -0.4 is 15.6 Å². The second-order valence-corrected chi connectivity index (χ2v) is 7.47. The van der Waals surface area contributed by atoms with Crippen LogP contribution in [-0.4, -0.2) is 30.2 Å². The maximum Gasteiger partial charge on any atom is 0.271 e. The van der Waals surface area contributed by atoms with Gasteiger partial charge in [-0.05, 0) is 50.2 Å². The van der Waals surface area contributed by atoms with Gasteiger partial charge in [-0.15, -0.1) is 0 Å². The highest BCUT2D eigenvalue weighted by Crippen LogP contribution is 2.27. The number of amides is 1. The van der Waals surface area contributed by atoms with E-state index in [0.29, 0.717) is 20.7 Å². The Morgan fingerprint density at radius 3 is 2.48 bits per heavy atom. The van der Waals surface area contributed by atoms with E-state index in [1.807, 2.05) is 42.5 Å². The van der Waals surface area contributed by atoms with Crippen LogP contribution in [-0.2, 0) is 0 Å². The molecule has 0 unspecified atom stereocenters. The molecule has 0 saturated heterocycles. The Kier molecular flexibility index (Phi) is 7.21. The number of rotatable bonds is 8. The van der Waals surface area contributed by atoms with Crippen molar-refractivity contribution in [3.63, 3.8) is 0 Å². The molecule has 0 aliphatic carbocycles. The highest BCUT2D eigenvalue weighted by molar-refractivity contribution is 7.17. The molecule has 1 amide bonds. The molecule has 150 valence electrons. The molecule has 0 aliphatic rings. The molecule has 0 spiro atoms. The lowest BCUT2D eigenvalue weighted by atomic mass is 10.2. The van der Waals surface area contributed by atoms with Crippen molar-refractivity contribution in [3.8, 4) is 0 Å². The van der Waals surface area contributed by atoms with Gasteiger partial charge in [0.1, 0.15) is 0 Å². The van der Waals surface area contributed by atoms with Crippen LogP contribution in [0.1, 0.15) is 29.1 Å². The van der Waals surface area contributed by atoms with Crippen LogP contribution in [0, 0.1) is 0 Å². The summed E-state index contributed by atoms with van der Waals surface area (Å²) in [5, 5.41) is 8.18. The molecule has 0 fully saturated rings. The first kappa shape index (κ1) is 20.8. The van der Waals surface area contributed by atoms with E-state index >= 15 is 0 Å². The zero-order chi connectivity index (χ0) is 20.6. The summed E-state index contributed by atoms with van der Waals surface area (Å²) in [4.78, 5) is 19.4. The number of nitrogens with one attached hydrogen (secondary N) is 2.